The minimum absolute atomic E-state index is 0.113. The van der Waals surface area contributed by atoms with Crippen LogP contribution in [0.1, 0.15) is 32.8 Å². The molecule has 1 aliphatic rings. The maximum Gasteiger partial charge on any atom is 0.407 e. The van der Waals surface area contributed by atoms with E-state index in [1.54, 1.807) is 20.8 Å². The molecule has 1 aliphatic carbocycles. The molecule has 0 saturated heterocycles. The van der Waals surface area contributed by atoms with E-state index in [1.807, 2.05) is 42.3 Å². The Morgan fingerprint density at radius 1 is 1.15 bits per heavy atom. The van der Waals surface area contributed by atoms with Crippen LogP contribution in [-0.2, 0) is 11.2 Å². The van der Waals surface area contributed by atoms with Crippen LogP contribution in [-0.4, -0.2) is 59.6 Å². The lowest BCUT2D eigenvalue weighted by Gasteiger charge is -2.32. The summed E-state index contributed by atoms with van der Waals surface area (Å²) in [6, 6.07) is 12.3. The summed E-state index contributed by atoms with van der Waals surface area (Å²) >= 11 is 0. The van der Waals surface area contributed by atoms with Crippen LogP contribution in [0, 0.1) is 11.6 Å². The Labute approximate surface area is 193 Å². The predicted molar refractivity (Wildman–Crippen MR) is 121 cm³/mol. The first-order valence-corrected chi connectivity index (χ1v) is 11.1. The molecule has 33 heavy (non-hydrogen) atoms. The molecule has 0 aromatic heterocycles. The maximum absolute atomic E-state index is 13.6. The molecule has 0 bridgehead atoms. The summed E-state index contributed by atoms with van der Waals surface area (Å²) in [5.41, 5.74) is 0.487. The van der Waals surface area contributed by atoms with Gasteiger partial charge in [0.05, 0.1) is 12.1 Å². The number of hydrogen-bond acceptors (Lipinski definition) is 5. The highest BCUT2D eigenvalue weighted by molar-refractivity contribution is 5.68. The number of hydrogen-bond donors (Lipinski definition) is 2. The monoisotopic (exact) mass is 462 g/mol. The number of aliphatic hydroxyl groups excluding tert-OH is 1. The molecule has 1 amide bonds. The van der Waals surface area contributed by atoms with Gasteiger partial charge in [-0.2, -0.15) is 0 Å². The Morgan fingerprint density at radius 2 is 1.85 bits per heavy atom. The highest BCUT2D eigenvalue weighted by Gasteiger charge is 2.47. The lowest BCUT2D eigenvalue weighted by Crippen LogP contribution is -2.53. The zero-order valence-electron chi connectivity index (χ0n) is 19.4. The van der Waals surface area contributed by atoms with E-state index in [2.05, 4.69) is 5.32 Å². The SMILES string of the molecule is CN(CCc1ccccc1)[C@@H]1[C@@H](O)[C@H](Oc2ccc(F)c(F)c2)C[C@H]1NC(=O)OC(C)(C)C. The number of carbonyl (C=O) groups is 1. The summed E-state index contributed by atoms with van der Waals surface area (Å²) in [5, 5.41) is 13.9. The van der Waals surface area contributed by atoms with Crippen LogP contribution in [0.2, 0.25) is 0 Å². The summed E-state index contributed by atoms with van der Waals surface area (Å²) in [6.45, 7) is 5.95. The number of halogens is 2. The zero-order valence-corrected chi connectivity index (χ0v) is 19.4. The second-order valence-corrected chi connectivity index (χ2v) is 9.42. The van der Waals surface area contributed by atoms with Crippen LogP contribution in [0.5, 0.6) is 5.75 Å². The molecule has 2 aromatic rings. The molecule has 0 aliphatic heterocycles. The second kappa shape index (κ2) is 10.5. The molecule has 2 N–H and O–H groups in total. The van der Waals surface area contributed by atoms with Crippen molar-refractivity contribution >= 4 is 6.09 Å². The van der Waals surface area contributed by atoms with Crippen LogP contribution in [0.4, 0.5) is 13.6 Å². The van der Waals surface area contributed by atoms with Gasteiger partial charge < -0.3 is 19.9 Å². The molecule has 180 valence electrons. The van der Waals surface area contributed by atoms with Gasteiger partial charge >= 0.3 is 6.09 Å². The zero-order chi connectivity index (χ0) is 24.2. The number of alkyl carbamates (subject to hydrolysis) is 1. The average molecular weight is 463 g/mol. The van der Waals surface area contributed by atoms with E-state index in [1.165, 1.54) is 6.07 Å². The lowest BCUT2D eigenvalue weighted by atomic mass is 10.1. The van der Waals surface area contributed by atoms with Gasteiger partial charge in [-0.15, -0.1) is 0 Å². The third kappa shape index (κ3) is 6.88. The number of ether oxygens (including phenoxy) is 2. The Morgan fingerprint density at radius 3 is 2.48 bits per heavy atom. The van der Waals surface area contributed by atoms with E-state index in [4.69, 9.17) is 9.47 Å². The summed E-state index contributed by atoms with van der Waals surface area (Å²) in [4.78, 5) is 14.4. The minimum Gasteiger partial charge on any atom is -0.487 e. The Hall–Kier alpha value is -2.71. The van der Waals surface area contributed by atoms with E-state index in [0.717, 1.165) is 24.1 Å². The molecule has 0 unspecified atom stereocenters. The van der Waals surface area contributed by atoms with E-state index in [9.17, 15) is 18.7 Å². The van der Waals surface area contributed by atoms with Crippen molar-refractivity contribution in [2.24, 2.45) is 0 Å². The number of amides is 1. The van der Waals surface area contributed by atoms with E-state index in [0.29, 0.717) is 6.54 Å². The summed E-state index contributed by atoms with van der Waals surface area (Å²) < 4.78 is 38.1. The van der Waals surface area contributed by atoms with Crippen molar-refractivity contribution in [3.63, 3.8) is 0 Å². The number of likely N-dealkylation sites (N-methyl/N-ethyl adjacent to an activating group) is 1. The van der Waals surface area contributed by atoms with Crippen molar-refractivity contribution in [1.29, 1.82) is 0 Å². The fourth-order valence-electron chi connectivity index (χ4n) is 4.10. The van der Waals surface area contributed by atoms with Crippen molar-refractivity contribution in [2.45, 2.75) is 63.5 Å². The van der Waals surface area contributed by atoms with Gasteiger partial charge in [0.1, 0.15) is 23.6 Å². The fraction of sp³-hybridized carbons (Fsp3) is 0.480. The number of carbonyl (C=O) groups excluding carboxylic acids is 1. The van der Waals surface area contributed by atoms with Gasteiger partial charge in [0, 0.05) is 19.0 Å². The number of nitrogens with zero attached hydrogens (tertiary/aromatic N) is 1. The van der Waals surface area contributed by atoms with Crippen molar-refractivity contribution < 1.29 is 28.2 Å². The molecule has 6 nitrogen and oxygen atoms in total. The number of nitrogens with one attached hydrogen (secondary N) is 1. The molecule has 2 aromatic carbocycles. The van der Waals surface area contributed by atoms with Crippen LogP contribution in [0.25, 0.3) is 0 Å². The highest BCUT2D eigenvalue weighted by atomic mass is 19.2. The van der Waals surface area contributed by atoms with Crippen LogP contribution < -0.4 is 10.1 Å². The Balaban J connectivity index is 1.74. The van der Waals surface area contributed by atoms with Crippen LogP contribution in [0.15, 0.2) is 48.5 Å². The molecule has 1 fully saturated rings. The van der Waals surface area contributed by atoms with E-state index in [-0.39, 0.29) is 12.2 Å². The minimum atomic E-state index is -1.03. The molecular formula is C25H32F2N2O4. The molecule has 0 heterocycles. The molecule has 1 saturated carbocycles. The Bertz CT molecular complexity index is 936. The first kappa shape index (κ1) is 24.9. The van der Waals surface area contributed by atoms with Crippen LogP contribution >= 0.6 is 0 Å². The Kier molecular flexibility index (Phi) is 7.92. The normalized spacial score (nSPS) is 22.9. The average Bonchev–Trinajstić information content (AvgIpc) is 3.03. The third-order valence-corrected chi connectivity index (χ3v) is 5.61. The quantitative estimate of drug-likeness (QED) is 0.653. The molecule has 0 spiro atoms. The highest BCUT2D eigenvalue weighted by Crippen LogP contribution is 2.30. The van der Waals surface area contributed by atoms with Gasteiger partial charge in [0.2, 0.25) is 0 Å². The summed E-state index contributed by atoms with van der Waals surface area (Å²) in [5.74, 6) is -1.89. The standard InChI is InChI=1S/C25H32F2N2O4/c1-25(2,3)33-24(31)28-20-15-21(32-17-10-11-18(26)19(27)14-17)23(30)22(20)29(4)13-12-16-8-6-5-7-9-16/h5-11,14,20-23,30H,12-13,15H2,1-4H3,(H,28,31)/t20-,21-,22+,23+/m1/s1. The van der Waals surface area contributed by atoms with Crippen molar-refractivity contribution in [1.82, 2.24) is 10.2 Å². The first-order valence-electron chi connectivity index (χ1n) is 11.1. The summed E-state index contributed by atoms with van der Waals surface area (Å²) in [7, 11) is 1.88. The largest absolute Gasteiger partial charge is 0.487 e. The van der Waals surface area contributed by atoms with Gasteiger partial charge in [-0.05, 0) is 51.9 Å². The predicted octanol–water partition coefficient (Wildman–Crippen LogP) is 3.91. The third-order valence-electron chi connectivity index (χ3n) is 5.61. The molecule has 3 rings (SSSR count). The summed E-state index contributed by atoms with van der Waals surface area (Å²) in [6.07, 6.45) is -1.25. The van der Waals surface area contributed by atoms with E-state index < -0.39 is 47.6 Å². The van der Waals surface area contributed by atoms with Gasteiger partial charge in [-0.1, -0.05) is 30.3 Å². The number of rotatable bonds is 7. The van der Waals surface area contributed by atoms with Crippen molar-refractivity contribution in [2.75, 3.05) is 13.6 Å². The lowest BCUT2D eigenvalue weighted by molar-refractivity contribution is 0.0131. The van der Waals surface area contributed by atoms with Gasteiger partial charge in [-0.25, -0.2) is 13.6 Å². The van der Waals surface area contributed by atoms with Gasteiger partial charge in [0.15, 0.2) is 11.6 Å². The fourth-order valence-corrected chi connectivity index (χ4v) is 4.10. The van der Waals surface area contributed by atoms with Crippen LogP contribution in [0.3, 0.4) is 0 Å². The number of benzene rings is 2. The van der Waals surface area contributed by atoms with Crippen molar-refractivity contribution in [3.8, 4) is 5.75 Å². The maximum atomic E-state index is 13.6. The topological polar surface area (TPSA) is 71.0 Å². The molecule has 4 atom stereocenters. The first-order chi connectivity index (χ1) is 15.5. The molecular weight excluding hydrogens is 430 g/mol. The number of aliphatic hydroxyl groups is 1. The van der Waals surface area contributed by atoms with Crippen molar-refractivity contribution in [3.05, 3.63) is 65.7 Å². The molecule has 0 radical (unpaired) electrons. The van der Waals surface area contributed by atoms with E-state index >= 15 is 0 Å². The smallest absolute Gasteiger partial charge is 0.407 e. The second-order valence-electron chi connectivity index (χ2n) is 9.42. The molecule has 8 heteroatoms. The van der Waals surface area contributed by atoms with Gasteiger partial charge in [-0.3, -0.25) is 4.90 Å². The van der Waals surface area contributed by atoms with Gasteiger partial charge in [0.25, 0.3) is 0 Å².